The van der Waals surface area contributed by atoms with Crippen LogP contribution < -0.4 is 0 Å². The number of rotatable bonds is 6. The van der Waals surface area contributed by atoms with Gasteiger partial charge in [-0.1, -0.05) is 23.8 Å². The van der Waals surface area contributed by atoms with Crippen molar-refractivity contribution in [3.8, 4) is 0 Å². The average Bonchev–Trinajstić information content (AvgIpc) is 2.66. The summed E-state index contributed by atoms with van der Waals surface area (Å²) in [4.78, 5) is 11.3. The molecule has 12 heteroatoms. The third-order valence-electron chi connectivity index (χ3n) is 4.05. The van der Waals surface area contributed by atoms with E-state index in [-0.39, 0.29) is 22.9 Å². The molecule has 0 spiro atoms. The van der Waals surface area contributed by atoms with Gasteiger partial charge in [0.2, 0.25) is 0 Å². The second-order valence-corrected chi connectivity index (χ2v) is 6.77. The Kier molecular flexibility index (Phi) is 7.67. The van der Waals surface area contributed by atoms with E-state index in [1.54, 1.807) is 0 Å². The number of hydrogen-bond acceptors (Lipinski definition) is 2. The van der Waals surface area contributed by atoms with Gasteiger partial charge in [-0.2, -0.15) is 39.5 Å². The minimum absolute atomic E-state index is 0.0358. The van der Waals surface area contributed by atoms with Gasteiger partial charge in [-0.25, -0.2) is 0 Å². The van der Waals surface area contributed by atoms with Gasteiger partial charge < -0.3 is 9.53 Å². The SMILES string of the molecule is O=CC(OC/C=C\c1cc(C(F)(F)F)cc(C(F)(F)F)c1)c1cc(C(F)(F)F)ccc1Cl. The highest BCUT2D eigenvalue weighted by Gasteiger charge is 2.36. The topological polar surface area (TPSA) is 26.3 Å². The van der Waals surface area contributed by atoms with Crippen molar-refractivity contribution < 1.29 is 49.0 Å². The molecule has 0 saturated carbocycles. The molecule has 32 heavy (non-hydrogen) atoms. The third kappa shape index (κ3) is 6.73. The lowest BCUT2D eigenvalue weighted by molar-refractivity contribution is -0.143. The highest BCUT2D eigenvalue weighted by Crippen LogP contribution is 2.37. The second kappa shape index (κ2) is 9.53. The molecule has 174 valence electrons. The normalized spacial score (nSPS) is 14.1. The number of benzene rings is 2. The molecule has 0 saturated heterocycles. The Balaban J connectivity index is 2.22. The zero-order valence-electron chi connectivity index (χ0n) is 15.6. The van der Waals surface area contributed by atoms with Crippen molar-refractivity contribution in [3.05, 3.63) is 75.3 Å². The number of hydrogen-bond donors (Lipinski definition) is 0. The van der Waals surface area contributed by atoms with Crippen LogP contribution >= 0.6 is 11.6 Å². The molecular weight excluding hydrogens is 479 g/mol. The first-order valence-corrected chi connectivity index (χ1v) is 8.90. The van der Waals surface area contributed by atoms with Gasteiger partial charge in [0.05, 0.1) is 23.3 Å². The van der Waals surface area contributed by atoms with Crippen LogP contribution in [0, 0.1) is 0 Å². The fraction of sp³-hybridized carbons (Fsp3) is 0.250. The van der Waals surface area contributed by atoms with Crippen molar-refractivity contribution in [3.63, 3.8) is 0 Å². The Morgan fingerprint density at radius 3 is 1.81 bits per heavy atom. The third-order valence-corrected chi connectivity index (χ3v) is 4.39. The molecular formula is C20H12ClF9O2. The van der Waals surface area contributed by atoms with Gasteiger partial charge in [0.1, 0.15) is 6.10 Å². The minimum Gasteiger partial charge on any atom is -0.362 e. The van der Waals surface area contributed by atoms with Gasteiger partial charge in [0, 0.05) is 10.6 Å². The minimum atomic E-state index is -5.02. The Morgan fingerprint density at radius 2 is 1.34 bits per heavy atom. The van der Waals surface area contributed by atoms with E-state index in [4.69, 9.17) is 16.3 Å². The van der Waals surface area contributed by atoms with Crippen LogP contribution in [-0.4, -0.2) is 12.9 Å². The molecule has 0 radical (unpaired) electrons. The highest BCUT2D eigenvalue weighted by molar-refractivity contribution is 6.31. The highest BCUT2D eigenvalue weighted by atomic mass is 35.5. The summed E-state index contributed by atoms with van der Waals surface area (Å²) >= 11 is 5.81. The van der Waals surface area contributed by atoms with E-state index in [2.05, 4.69) is 0 Å². The molecule has 0 fully saturated rings. The van der Waals surface area contributed by atoms with Crippen LogP contribution in [0.15, 0.2) is 42.5 Å². The maximum absolute atomic E-state index is 12.9. The summed E-state index contributed by atoms with van der Waals surface area (Å²) in [6.07, 6.45) is -14.3. The van der Waals surface area contributed by atoms with Crippen molar-refractivity contribution in [2.75, 3.05) is 6.61 Å². The quantitative estimate of drug-likeness (QED) is 0.312. The molecule has 1 unspecified atom stereocenters. The monoisotopic (exact) mass is 490 g/mol. The van der Waals surface area contributed by atoms with E-state index >= 15 is 0 Å². The largest absolute Gasteiger partial charge is 0.416 e. The summed E-state index contributed by atoms with van der Waals surface area (Å²) in [6.45, 7) is -0.520. The van der Waals surface area contributed by atoms with Gasteiger partial charge in [-0.15, -0.1) is 0 Å². The summed E-state index contributed by atoms with van der Waals surface area (Å²) in [5.74, 6) is 0. The number of carbonyl (C=O) groups is 1. The molecule has 0 bridgehead atoms. The van der Waals surface area contributed by atoms with Crippen LogP contribution in [0.2, 0.25) is 5.02 Å². The van der Waals surface area contributed by atoms with Crippen LogP contribution in [0.1, 0.15) is 33.9 Å². The van der Waals surface area contributed by atoms with Crippen molar-refractivity contribution in [2.45, 2.75) is 24.6 Å². The fourth-order valence-corrected chi connectivity index (χ4v) is 2.78. The molecule has 0 aromatic heterocycles. The van der Waals surface area contributed by atoms with E-state index in [1.165, 1.54) is 0 Å². The van der Waals surface area contributed by atoms with Crippen LogP contribution in [0.5, 0.6) is 0 Å². The van der Waals surface area contributed by atoms with Crippen molar-refractivity contribution in [1.29, 1.82) is 0 Å². The molecule has 0 aliphatic heterocycles. The first kappa shape index (κ1) is 25.7. The predicted octanol–water partition coefficient (Wildman–Crippen LogP) is 7.37. The summed E-state index contributed by atoms with van der Waals surface area (Å²) in [6, 6.07) is 3.13. The van der Waals surface area contributed by atoms with Gasteiger partial charge in [-0.3, -0.25) is 0 Å². The molecule has 0 N–H and O–H groups in total. The van der Waals surface area contributed by atoms with E-state index in [0.29, 0.717) is 24.3 Å². The predicted molar refractivity (Wildman–Crippen MR) is 96.7 cm³/mol. The maximum atomic E-state index is 12.9. The van der Waals surface area contributed by atoms with Gasteiger partial charge in [-0.05, 0) is 42.0 Å². The summed E-state index contributed by atoms with van der Waals surface area (Å²) in [5, 5.41) is -0.202. The Labute approximate surface area is 180 Å². The van der Waals surface area contributed by atoms with Crippen LogP contribution in [0.25, 0.3) is 6.08 Å². The standard InChI is InChI=1S/C20H12ClF9O2/c21-16-4-3-12(18(22,23)24)9-15(16)17(10-31)32-5-1-2-11-6-13(19(25,26)27)8-14(7-11)20(28,29)30/h1-4,6-10,17H,5H2/b2-1-. The first-order chi connectivity index (χ1) is 14.6. The number of carbonyl (C=O) groups excluding carboxylic acids is 1. The second-order valence-electron chi connectivity index (χ2n) is 6.37. The molecule has 2 rings (SSSR count). The van der Waals surface area contributed by atoms with E-state index in [9.17, 15) is 44.3 Å². The van der Waals surface area contributed by atoms with Gasteiger partial charge in [0.15, 0.2) is 6.29 Å². The fourth-order valence-electron chi connectivity index (χ4n) is 2.56. The Bertz CT molecular complexity index is 960. The lowest BCUT2D eigenvalue weighted by atomic mass is 10.0. The van der Waals surface area contributed by atoms with E-state index in [1.807, 2.05) is 0 Å². The van der Waals surface area contributed by atoms with E-state index in [0.717, 1.165) is 18.2 Å². The molecule has 1 atom stereocenters. The number of ether oxygens (including phenoxy) is 1. The molecule has 2 nitrogen and oxygen atoms in total. The molecule has 2 aromatic rings. The van der Waals surface area contributed by atoms with Gasteiger partial charge in [0.25, 0.3) is 0 Å². The summed E-state index contributed by atoms with van der Waals surface area (Å²) < 4.78 is 121. The number of aldehydes is 1. The zero-order chi connectivity index (χ0) is 24.3. The number of halogens is 10. The molecule has 0 aliphatic carbocycles. The molecule has 0 amide bonds. The molecule has 0 aliphatic rings. The van der Waals surface area contributed by atoms with Crippen molar-refractivity contribution >= 4 is 24.0 Å². The van der Waals surface area contributed by atoms with Crippen LogP contribution in [-0.2, 0) is 28.1 Å². The zero-order valence-corrected chi connectivity index (χ0v) is 16.3. The van der Waals surface area contributed by atoms with Crippen LogP contribution in [0.4, 0.5) is 39.5 Å². The first-order valence-electron chi connectivity index (χ1n) is 8.52. The van der Waals surface area contributed by atoms with Crippen molar-refractivity contribution in [2.24, 2.45) is 0 Å². The summed E-state index contributed by atoms with van der Waals surface area (Å²) in [5.41, 5.74) is -4.88. The summed E-state index contributed by atoms with van der Waals surface area (Å²) in [7, 11) is 0. The lowest BCUT2D eigenvalue weighted by Crippen LogP contribution is -2.11. The lowest BCUT2D eigenvalue weighted by Gasteiger charge is -2.15. The van der Waals surface area contributed by atoms with Crippen LogP contribution in [0.3, 0.4) is 0 Å². The Hall–Kier alpha value is -2.53. The maximum Gasteiger partial charge on any atom is 0.416 e. The smallest absolute Gasteiger partial charge is 0.362 e. The Morgan fingerprint density at radius 1 is 0.812 bits per heavy atom. The van der Waals surface area contributed by atoms with Gasteiger partial charge >= 0.3 is 18.5 Å². The van der Waals surface area contributed by atoms with E-state index < -0.39 is 53.5 Å². The molecule has 0 heterocycles. The number of alkyl halides is 9. The molecule has 2 aromatic carbocycles. The van der Waals surface area contributed by atoms with Crippen molar-refractivity contribution in [1.82, 2.24) is 0 Å². The average molecular weight is 491 g/mol.